The highest BCUT2D eigenvalue weighted by Gasteiger charge is 2.18. The van der Waals surface area contributed by atoms with Gasteiger partial charge in [-0.15, -0.1) is 0 Å². The quantitative estimate of drug-likeness (QED) is 0.905. The van der Waals surface area contributed by atoms with E-state index in [1.54, 1.807) is 18.2 Å². The fourth-order valence-electron chi connectivity index (χ4n) is 1.49. The minimum absolute atomic E-state index is 0.0791. The Bertz CT molecular complexity index is 675. The van der Waals surface area contributed by atoms with Gasteiger partial charge in [0.2, 0.25) is 0 Å². The number of anilines is 1. The molecule has 0 spiro atoms. The molecule has 2 rings (SSSR count). The summed E-state index contributed by atoms with van der Waals surface area (Å²) in [4.78, 5) is 3.74. The molecule has 0 saturated carbocycles. The Morgan fingerprint density at radius 3 is 2.74 bits per heavy atom. The molecule has 100 valence electrons. The number of sulfonamides is 1. The van der Waals surface area contributed by atoms with Crippen LogP contribution in [0, 0.1) is 0 Å². The van der Waals surface area contributed by atoms with Crippen molar-refractivity contribution in [1.82, 2.24) is 4.98 Å². The van der Waals surface area contributed by atoms with Crippen molar-refractivity contribution in [3.05, 3.63) is 53.3 Å². The number of hydrogen-bond donors (Lipinski definition) is 2. The standard InChI is InChI=1S/C12H11ClN2O3S/c13-11-4-3-9(8-16)6-12(11)19(17,18)15-10-2-1-5-14-7-10/h1-7,15-16H,8H2. The number of aliphatic hydroxyl groups is 1. The van der Waals surface area contributed by atoms with Gasteiger partial charge < -0.3 is 5.11 Å². The van der Waals surface area contributed by atoms with Crippen LogP contribution in [0.4, 0.5) is 5.69 Å². The number of aromatic nitrogens is 1. The predicted molar refractivity (Wildman–Crippen MR) is 72.4 cm³/mol. The van der Waals surface area contributed by atoms with Crippen molar-refractivity contribution in [3.8, 4) is 0 Å². The third-order valence-electron chi connectivity index (χ3n) is 2.38. The Balaban J connectivity index is 2.39. The van der Waals surface area contributed by atoms with Crippen LogP contribution >= 0.6 is 11.6 Å². The van der Waals surface area contributed by atoms with Crippen molar-refractivity contribution in [2.45, 2.75) is 11.5 Å². The lowest BCUT2D eigenvalue weighted by molar-refractivity contribution is 0.281. The Hall–Kier alpha value is -1.63. The van der Waals surface area contributed by atoms with E-state index in [0.717, 1.165) is 0 Å². The van der Waals surface area contributed by atoms with E-state index in [4.69, 9.17) is 16.7 Å². The summed E-state index contributed by atoms with van der Waals surface area (Å²) in [5, 5.41) is 9.13. The monoisotopic (exact) mass is 298 g/mol. The predicted octanol–water partition coefficient (Wildman–Crippen LogP) is 2.03. The molecule has 0 aliphatic carbocycles. The van der Waals surface area contributed by atoms with Gasteiger partial charge in [0, 0.05) is 6.20 Å². The van der Waals surface area contributed by atoms with Crippen LogP contribution in [0.25, 0.3) is 0 Å². The lowest BCUT2D eigenvalue weighted by Gasteiger charge is -2.10. The molecule has 2 N–H and O–H groups in total. The smallest absolute Gasteiger partial charge is 0.263 e. The van der Waals surface area contributed by atoms with E-state index < -0.39 is 10.0 Å². The van der Waals surface area contributed by atoms with Gasteiger partial charge in [-0.25, -0.2) is 8.42 Å². The van der Waals surface area contributed by atoms with Crippen molar-refractivity contribution in [1.29, 1.82) is 0 Å². The van der Waals surface area contributed by atoms with Gasteiger partial charge in [0.1, 0.15) is 4.90 Å². The van der Waals surface area contributed by atoms with Crippen LogP contribution in [0.5, 0.6) is 0 Å². The van der Waals surface area contributed by atoms with Gasteiger partial charge in [0.15, 0.2) is 0 Å². The van der Waals surface area contributed by atoms with Gasteiger partial charge >= 0.3 is 0 Å². The number of aliphatic hydroxyl groups excluding tert-OH is 1. The molecule has 0 fully saturated rings. The maximum atomic E-state index is 12.2. The highest BCUT2D eigenvalue weighted by atomic mass is 35.5. The molecule has 0 unspecified atom stereocenters. The van der Waals surface area contributed by atoms with E-state index in [1.165, 1.54) is 24.5 Å². The molecule has 2 aromatic rings. The van der Waals surface area contributed by atoms with Gasteiger partial charge in [-0.2, -0.15) is 0 Å². The van der Waals surface area contributed by atoms with Crippen molar-refractivity contribution in [2.75, 3.05) is 4.72 Å². The Labute approximate surface area is 115 Å². The summed E-state index contributed by atoms with van der Waals surface area (Å²) in [5.74, 6) is 0. The van der Waals surface area contributed by atoms with E-state index in [0.29, 0.717) is 11.3 Å². The molecule has 19 heavy (non-hydrogen) atoms. The third kappa shape index (κ3) is 3.23. The van der Waals surface area contributed by atoms with Gasteiger partial charge in [-0.3, -0.25) is 9.71 Å². The average molecular weight is 299 g/mol. The molecule has 0 aliphatic rings. The number of rotatable bonds is 4. The van der Waals surface area contributed by atoms with Crippen molar-refractivity contribution in [3.63, 3.8) is 0 Å². The number of hydrogen-bond acceptors (Lipinski definition) is 4. The second-order valence-corrected chi connectivity index (χ2v) is 5.83. The molecule has 0 bridgehead atoms. The Morgan fingerprint density at radius 1 is 1.32 bits per heavy atom. The highest BCUT2D eigenvalue weighted by Crippen LogP contribution is 2.24. The molecule has 1 aromatic heterocycles. The normalized spacial score (nSPS) is 11.3. The van der Waals surface area contributed by atoms with Crippen LogP contribution in [-0.4, -0.2) is 18.5 Å². The van der Waals surface area contributed by atoms with Crippen LogP contribution < -0.4 is 4.72 Å². The zero-order chi connectivity index (χ0) is 13.9. The first-order valence-electron chi connectivity index (χ1n) is 5.35. The Morgan fingerprint density at radius 2 is 2.11 bits per heavy atom. The fraction of sp³-hybridized carbons (Fsp3) is 0.0833. The number of nitrogens with one attached hydrogen (secondary N) is 1. The summed E-state index contributed by atoms with van der Waals surface area (Å²) in [6.45, 7) is -0.257. The molecule has 1 heterocycles. The van der Waals surface area contributed by atoms with Gasteiger partial charge in [0.25, 0.3) is 10.0 Å². The zero-order valence-corrected chi connectivity index (χ0v) is 11.3. The molecule has 0 radical (unpaired) electrons. The molecule has 0 atom stereocenters. The number of nitrogens with zero attached hydrogens (tertiary/aromatic N) is 1. The average Bonchev–Trinajstić information content (AvgIpc) is 2.39. The van der Waals surface area contributed by atoms with Crippen LogP contribution in [0.15, 0.2) is 47.6 Å². The maximum Gasteiger partial charge on any atom is 0.263 e. The van der Waals surface area contributed by atoms with Crippen molar-refractivity contribution >= 4 is 27.3 Å². The van der Waals surface area contributed by atoms with Crippen molar-refractivity contribution in [2.24, 2.45) is 0 Å². The lowest BCUT2D eigenvalue weighted by atomic mass is 10.2. The van der Waals surface area contributed by atoms with Crippen LogP contribution in [-0.2, 0) is 16.6 Å². The number of halogens is 1. The first-order chi connectivity index (χ1) is 9.03. The summed E-state index contributed by atoms with van der Waals surface area (Å²) in [7, 11) is -3.81. The van der Waals surface area contributed by atoms with Crippen LogP contribution in [0.3, 0.4) is 0 Å². The molecule has 5 nitrogen and oxygen atoms in total. The molecule has 0 saturated heterocycles. The first kappa shape index (κ1) is 13.8. The fourth-order valence-corrected chi connectivity index (χ4v) is 3.08. The molecule has 0 aliphatic heterocycles. The minimum Gasteiger partial charge on any atom is -0.392 e. The lowest BCUT2D eigenvalue weighted by Crippen LogP contribution is -2.14. The van der Waals surface area contributed by atoms with E-state index in [1.807, 2.05) is 0 Å². The second-order valence-electron chi connectivity index (χ2n) is 3.77. The summed E-state index contributed by atoms with van der Waals surface area (Å²) in [6.07, 6.45) is 2.93. The van der Waals surface area contributed by atoms with E-state index in [9.17, 15) is 8.42 Å². The van der Waals surface area contributed by atoms with E-state index >= 15 is 0 Å². The maximum absolute atomic E-state index is 12.2. The third-order valence-corrected chi connectivity index (χ3v) is 4.24. The SMILES string of the molecule is O=S(=O)(Nc1cccnc1)c1cc(CO)ccc1Cl. The molecule has 7 heteroatoms. The van der Waals surface area contributed by atoms with Crippen LogP contribution in [0.2, 0.25) is 5.02 Å². The van der Waals surface area contributed by atoms with E-state index in [-0.39, 0.29) is 16.5 Å². The molecule has 0 amide bonds. The minimum atomic E-state index is -3.81. The largest absolute Gasteiger partial charge is 0.392 e. The molecule has 1 aromatic carbocycles. The summed E-state index contributed by atoms with van der Waals surface area (Å²) in [6, 6.07) is 7.52. The van der Waals surface area contributed by atoms with E-state index in [2.05, 4.69) is 9.71 Å². The molecular formula is C12H11ClN2O3S. The summed E-state index contributed by atoms with van der Waals surface area (Å²) in [5.41, 5.74) is 0.809. The summed E-state index contributed by atoms with van der Waals surface area (Å²) < 4.78 is 26.7. The number of pyridine rings is 1. The second kappa shape index (κ2) is 5.56. The number of benzene rings is 1. The van der Waals surface area contributed by atoms with Gasteiger partial charge in [0.05, 0.1) is 23.5 Å². The zero-order valence-electron chi connectivity index (χ0n) is 9.75. The van der Waals surface area contributed by atoms with Crippen molar-refractivity contribution < 1.29 is 13.5 Å². The van der Waals surface area contributed by atoms with Gasteiger partial charge in [-0.05, 0) is 29.8 Å². The van der Waals surface area contributed by atoms with Gasteiger partial charge in [-0.1, -0.05) is 17.7 Å². The molecular weight excluding hydrogens is 288 g/mol. The first-order valence-corrected chi connectivity index (χ1v) is 7.21. The Kier molecular flexibility index (Phi) is 4.04. The highest BCUT2D eigenvalue weighted by molar-refractivity contribution is 7.92. The topological polar surface area (TPSA) is 79.3 Å². The van der Waals surface area contributed by atoms with Crippen LogP contribution in [0.1, 0.15) is 5.56 Å². The summed E-state index contributed by atoms with van der Waals surface area (Å²) >= 11 is 5.89.